The second kappa shape index (κ2) is 7.09. The average molecular weight is 286 g/mol. The fourth-order valence-corrected chi connectivity index (χ4v) is 2.90. The molecule has 3 rings (SSSR count). The van der Waals surface area contributed by atoms with Crippen molar-refractivity contribution >= 4 is 0 Å². The van der Waals surface area contributed by atoms with E-state index in [9.17, 15) is 0 Å². The van der Waals surface area contributed by atoms with Gasteiger partial charge in [-0.2, -0.15) is 0 Å². The Morgan fingerprint density at radius 2 is 1.00 bits per heavy atom. The van der Waals surface area contributed by atoms with Crippen LogP contribution in [-0.4, -0.2) is 0 Å². The van der Waals surface area contributed by atoms with Crippen LogP contribution in [0.3, 0.4) is 0 Å². The highest BCUT2D eigenvalue weighted by molar-refractivity contribution is 5.35. The van der Waals surface area contributed by atoms with E-state index in [0.717, 1.165) is 19.3 Å². The third-order valence-electron chi connectivity index (χ3n) is 4.17. The van der Waals surface area contributed by atoms with Crippen LogP contribution >= 0.6 is 0 Å². The first-order valence-electron chi connectivity index (χ1n) is 8.03. The van der Waals surface area contributed by atoms with Gasteiger partial charge in [0.1, 0.15) is 0 Å². The van der Waals surface area contributed by atoms with Gasteiger partial charge >= 0.3 is 0 Å². The van der Waals surface area contributed by atoms with Crippen molar-refractivity contribution in [1.82, 2.24) is 0 Å². The lowest BCUT2D eigenvalue weighted by Gasteiger charge is -2.09. The van der Waals surface area contributed by atoms with Crippen molar-refractivity contribution < 1.29 is 0 Å². The molecule has 0 bridgehead atoms. The first-order chi connectivity index (χ1) is 10.8. The van der Waals surface area contributed by atoms with Gasteiger partial charge in [-0.15, -0.1) is 0 Å². The summed E-state index contributed by atoms with van der Waals surface area (Å²) in [5.74, 6) is 0. The van der Waals surface area contributed by atoms with E-state index < -0.39 is 0 Å². The van der Waals surface area contributed by atoms with Crippen molar-refractivity contribution in [2.75, 3.05) is 0 Å². The van der Waals surface area contributed by atoms with Gasteiger partial charge < -0.3 is 0 Å². The molecule has 0 amide bonds. The zero-order chi connectivity index (χ0) is 15.2. The van der Waals surface area contributed by atoms with Crippen molar-refractivity contribution in [3.05, 3.63) is 107 Å². The zero-order valence-corrected chi connectivity index (χ0v) is 13.1. The van der Waals surface area contributed by atoms with E-state index in [1.165, 1.54) is 27.8 Å². The van der Waals surface area contributed by atoms with Crippen LogP contribution in [0.15, 0.2) is 78.9 Å². The average Bonchev–Trinajstić information content (AvgIpc) is 2.58. The number of hydrogen-bond donors (Lipinski definition) is 0. The molecule has 0 heteroatoms. The van der Waals surface area contributed by atoms with E-state index >= 15 is 0 Å². The minimum atomic E-state index is 1.01. The molecule has 0 atom stereocenters. The van der Waals surface area contributed by atoms with Crippen LogP contribution in [0, 0.1) is 0 Å². The maximum atomic E-state index is 2.27. The lowest BCUT2D eigenvalue weighted by Crippen LogP contribution is -1.95. The molecule has 0 unspecified atom stereocenters. The second-order valence-electron chi connectivity index (χ2n) is 5.78. The van der Waals surface area contributed by atoms with Crippen LogP contribution < -0.4 is 0 Å². The highest BCUT2D eigenvalue weighted by atomic mass is 14.1. The van der Waals surface area contributed by atoms with Crippen molar-refractivity contribution in [1.29, 1.82) is 0 Å². The SMILES string of the molecule is CCc1ccccc1Cc1ccc(Cc2ccccc2)cc1. The molecule has 3 aromatic rings. The molecule has 0 aliphatic carbocycles. The largest absolute Gasteiger partial charge is 0.0622 e. The maximum Gasteiger partial charge on any atom is -0.00230 e. The normalized spacial score (nSPS) is 10.6. The Morgan fingerprint density at radius 3 is 1.64 bits per heavy atom. The number of aryl methyl sites for hydroxylation is 1. The molecule has 0 N–H and O–H groups in total. The Balaban J connectivity index is 1.72. The number of hydrogen-bond acceptors (Lipinski definition) is 0. The summed E-state index contributed by atoms with van der Waals surface area (Å²) in [6, 6.07) is 28.5. The van der Waals surface area contributed by atoms with Crippen molar-refractivity contribution in [2.45, 2.75) is 26.2 Å². The van der Waals surface area contributed by atoms with E-state index in [0.29, 0.717) is 0 Å². The summed E-state index contributed by atoms with van der Waals surface area (Å²) in [5, 5.41) is 0. The third kappa shape index (κ3) is 3.65. The van der Waals surface area contributed by atoms with Crippen LogP contribution in [0.1, 0.15) is 34.7 Å². The minimum Gasteiger partial charge on any atom is -0.0622 e. The van der Waals surface area contributed by atoms with Gasteiger partial charge in [0.25, 0.3) is 0 Å². The summed E-state index contributed by atoms with van der Waals surface area (Å²) in [6.07, 6.45) is 3.13. The zero-order valence-electron chi connectivity index (χ0n) is 13.1. The van der Waals surface area contributed by atoms with Crippen molar-refractivity contribution in [2.24, 2.45) is 0 Å². The van der Waals surface area contributed by atoms with Gasteiger partial charge in [-0.25, -0.2) is 0 Å². The summed E-state index contributed by atoms with van der Waals surface area (Å²) in [7, 11) is 0. The Labute approximate surface area is 133 Å². The molecule has 0 radical (unpaired) electrons. The Bertz CT molecular complexity index is 709. The Kier molecular flexibility index (Phi) is 4.70. The van der Waals surface area contributed by atoms with E-state index in [1.54, 1.807) is 0 Å². The molecule has 0 aliphatic rings. The molecule has 3 aromatic carbocycles. The minimum absolute atomic E-state index is 1.01. The van der Waals surface area contributed by atoms with Crippen LogP contribution in [0.4, 0.5) is 0 Å². The van der Waals surface area contributed by atoms with Gasteiger partial charge in [0.05, 0.1) is 0 Å². The smallest absolute Gasteiger partial charge is 0.00230 e. The lowest BCUT2D eigenvalue weighted by atomic mass is 9.97. The standard InChI is InChI=1S/C22H22/c1-2-21-10-6-7-11-22(21)17-20-14-12-19(13-15-20)16-18-8-4-3-5-9-18/h3-15H,2,16-17H2,1H3. The van der Waals surface area contributed by atoms with E-state index in [1.807, 2.05) is 0 Å². The molecule has 0 saturated heterocycles. The molecular weight excluding hydrogens is 264 g/mol. The topological polar surface area (TPSA) is 0 Å². The summed E-state index contributed by atoms with van der Waals surface area (Å²) in [5.41, 5.74) is 7.03. The highest BCUT2D eigenvalue weighted by Crippen LogP contribution is 2.17. The molecule has 0 saturated carbocycles. The molecule has 0 aromatic heterocycles. The summed E-state index contributed by atoms with van der Waals surface area (Å²) in [6.45, 7) is 2.22. The summed E-state index contributed by atoms with van der Waals surface area (Å²) < 4.78 is 0. The van der Waals surface area contributed by atoms with Crippen LogP contribution in [0.2, 0.25) is 0 Å². The second-order valence-corrected chi connectivity index (χ2v) is 5.78. The van der Waals surface area contributed by atoms with E-state index in [2.05, 4.69) is 85.8 Å². The van der Waals surface area contributed by atoms with Crippen LogP contribution in [-0.2, 0) is 19.3 Å². The molecule has 22 heavy (non-hydrogen) atoms. The predicted octanol–water partition coefficient (Wildman–Crippen LogP) is 5.43. The van der Waals surface area contributed by atoms with Gasteiger partial charge in [0, 0.05) is 0 Å². The van der Waals surface area contributed by atoms with Crippen LogP contribution in [0.5, 0.6) is 0 Å². The first-order valence-corrected chi connectivity index (χ1v) is 8.03. The first kappa shape index (κ1) is 14.6. The van der Waals surface area contributed by atoms with E-state index in [4.69, 9.17) is 0 Å². The molecule has 110 valence electrons. The maximum absolute atomic E-state index is 2.27. The Hall–Kier alpha value is -2.34. The fourth-order valence-electron chi connectivity index (χ4n) is 2.90. The van der Waals surface area contributed by atoms with Gasteiger partial charge in [0.15, 0.2) is 0 Å². The third-order valence-corrected chi connectivity index (χ3v) is 4.17. The molecule has 0 fully saturated rings. The van der Waals surface area contributed by atoms with Gasteiger partial charge in [-0.1, -0.05) is 85.8 Å². The van der Waals surface area contributed by atoms with Gasteiger partial charge in [0.2, 0.25) is 0 Å². The molecular formula is C22H22. The summed E-state index contributed by atoms with van der Waals surface area (Å²) >= 11 is 0. The van der Waals surface area contributed by atoms with Gasteiger partial charge in [-0.05, 0) is 47.1 Å². The van der Waals surface area contributed by atoms with Crippen molar-refractivity contribution in [3.8, 4) is 0 Å². The van der Waals surface area contributed by atoms with Crippen LogP contribution in [0.25, 0.3) is 0 Å². The molecule has 0 heterocycles. The summed E-state index contributed by atoms with van der Waals surface area (Å²) in [4.78, 5) is 0. The number of benzene rings is 3. The van der Waals surface area contributed by atoms with Crippen molar-refractivity contribution in [3.63, 3.8) is 0 Å². The van der Waals surface area contributed by atoms with Gasteiger partial charge in [-0.3, -0.25) is 0 Å². The highest BCUT2D eigenvalue weighted by Gasteiger charge is 2.02. The molecule has 0 aliphatic heterocycles. The fraction of sp³-hybridized carbons (Fsp3) is 0.182. The quantitative estimate of drug-likeness (QED) is 0.586. The molecule has 0 nitrogen and oxygen atoms in total. The van der Waals surface area contributed by atoms with E-state index in [-0.39, 0.29) is 0 Å². The Morgan fingerprint density at radius 1 is 0.500 bits per heavy atom. The lowest BCUT2D eigenvalue weighted by molar-refractivity contribution is 1.06. The molecule has 0 spiro atoms. The monoisotopic (exact) mass is 286 g/mol. The predicted molar refractivity (Wildman–Crippen MR) is 94.3 cm³/mol. The number of rotatable bonds is 5.